The number of aliphatic imine (C=N–C) groups is 1. The topological polar surface area (TPSA) is 88.4 Å². The van der Waals surface area contributed by atoms with Gasteiger partial charge >= 0.3 is 5.97 Å². The van der Waals surface area contributed by atoms with Crippen LogP contribution in [0.2, 0.25) is 5.02 Å². The Kier molecular flexibility index (Phi) is 7.67. The van der Waals surface area contributed by atoms with E-state index in [9.17, 15) is 9.59 Å². The van der Waals surface area contributed by atoms with Crippen molar-refractivity contribution in [2.45, 2.75) is 13.5 Å². The standard InChI is InChI=1S/C27H23ClN2O5S/c1-16-4-6-17(7-5-16)15-35-24-21(28)12-18(13-22(24)34-3)14-23-25(31)30(2)27(36-23)29-20-10-8-19(9-11-20)26(32)33/h4-14H,15H2,1-3H3,(H,32,33)/b23-14-,29-27?. The van der Waals surface area contributed by atoms with Crippen LogP contribution in [0.15, 0.2) is 70.6 Å². The Morgan fingerprint density at radius 1 is 1.14 bits per heavy atom. The second-order valence-corrected chi connectivity index (χ2v) is 9.45. The Bertz CT molecular complexity index is 1370. The third kappa shape index (κ3) is 5.72. The molecule has 0 aromatic heterocycles. The Morgan fingerprint density at radius 3 is 2.47 bits per heavy atom. The summed E-state index contributed by atoms with van der Waals surface area (Å²) in [5, 5.41) is 9.89. The molecule has 1 amide bonds. The van der Waals surface area contributed by atoms with E-state index in [1.807, 2.05) is 31.2 Å². The van der Waals surface area contributed by atoms with Crippen LogP contribution >= 0.6 is 23.4 Å². The summed E-state index contributed by atoms with van der Waals surface area (Å²) in [6.07, 6.45) is 1.72. The number of methoxy groups -OCH3 is 1. The highest BCUT2D eigenvalue weighted by Crippen LogP contribution is 2.39. The van der Waals surface area contributed by atoms with Gasteiger partial charge in [0.1, 0.15) is 6.61 Å². The van der Waals surface area contributed by atoms with Gasteiger partial charge in [0, 0.05) is 7.05 Å². The number of ether oxygens (including phenoxy) is 2. The van der Waals surface area contributed by atoms with Crippen molar-refractivity contribution in [1.82, 2.24) is 4.90 Å². The third-order valence-electron chi connectivity index (χ3n) is 5.40. The van der Waals surface area contributed by atoms with Gasteiger partial charge < -0.3 is 14.6 Å². The molecule has 3 aromatic rings. The van der Waals surface area contributed by atoms with Gasteiger partial charge in [-0.3, -0.25) is 9.69 Å². The number of carbonyl (C=O) groups excluding carboxylic acids is 1. The quantitative estimate of drug-likeness (QED) is 0.373. The van der Waals surface area contributed by atoms with Crippen LogP contribution in [0.3, 0.4) is 0 Å². The summed E-state index contributed by atoms with van der Waals surface area (Å²) in [6, 6.07) is 17.6. The SMILES string of the molecule is COc1cc(/C=C2\SC(=Nc3ccc(C(=O)O)cc3)N(C)C2=O)cc(Cl)c1OCc1ccc(C)cc1. The minimum Gasteiger partial charge on any atom is -0.493 e. The summed E-state index contributed by atoms with van der Waals surface area (Å²) >= 11 is 7.74. The number of carbonyl (C=O) groups is 2. The van der Waals surface area contributed by atoms with Gasteiger partial charge in [-0.15, -0.1) is 0 Å². The number of thioether (sulfide) groups is 1. The fourth-order valence-electron chi connectivity index (χ4n) is 3.39. The second kappa shape index (κ2) is 10.9. The molecule has 0 spiro atoms. The van der Waals surface area contributed by atoms with E-state index in [0.717, 1.165) is 5.56 Å². The molecule has 0 atom stereocenters. The Morgan fingerprint density at radius 2 is 1.83 bits per heavy atom. The zero-order valence-electron chi connectivity index (χ0n) is 19.8. The number of likely N-dealkylation sites (N-methyl/N-ethyl adjacent to an activating group) is 1. The van der Waals surface area contributed by atoms with E-state index in [-0.39, 0.29) is 11.5 Å². The molecule has 3 aromatic carbocycles. The number of amidine groups is 1. The number of carboxylic acid groups (broad SMARTS) is 1. The number of hydrogen-bond acceptors (Lipinski definition) is 6. The van der Waals surface area contributed by atoms with Crippen molar-refractivity contribution < 1.29 is 24.2 Å². The van der Waals surface area contributed by atoms with Gasteiger partial charge in [-0.1, -0.05) is 41.4 Å². The average Bonchev–Trinajstić information content (AvgIpc) is 3.12. The predicted octanol–water partition coefficient (Wildman–Crippen LogP) is 6.17. The molecule has 1 N–H and O–H groups in total. The number of carboxylic acids is 1. The first kappa shape index (κ1) is 25.3. The van der Waals surface area contributed by atoms with Gasteiger partial charge in [-0.05, 0) is 72.3 Å². The molecule has 0 bridgehead atoms. The molecule has 0 saturated carbocycles. The van der Waals surface area contributed by atoms with Crippen molar-refractivity contribution in [2.24, 2.45) is 4.99 Å². The first-order chi connectivity index (χ1) is 17.2. The molecule has 4 rings (SSSR count). The summed E-state index contributed by atoms with van der Waals surface area (Å²) in [4.78, 5) is 30.3. The molecule has 36 heavy (non-hydrogen) atoms. The number of amides is 1. The molecular formula is C27H23ClN2O5S. The van der Waals surface area contributed by atoms with Crippen molar-refractivity contribution in [3.8, 4) is 11.5 Å². The fraction of sp³-hybridized carbons (Fsp3) is 0.148. The lowest BCUT2D eigenvalue weighted by Crippen LogP contribution is -2.23. The highest BCUT2D eigenvalue weighted by molar-refractivity contribution is 8.18. The molecule has 1 heterocycles. The summed E-state index contributed by atoms with van der Waals surface area (Å²) in [7, 11) is 3.17. The summed E-state index contributed by atoms with van der Waals surface area (Å²) < 4.78 is 11.4. The lowest BCUT2D eigenvalue weighted by Gasteiger charge is -2.13. The van der Waals surface area contributed by atoms with Crippen LogP contribution in [-0.2, 0) is 11.4 Å². The van der Waals surface area contributed by atoms with E-state index in [1.54, 1.807) is 37.4 Å². The lowest BCUT2D eigenvalue weighted by atomic mass is 10.1. The van der Waals surface area contributed by atoms with Gasteiger partial charge in [0.25, 0.3) is 5.91 Å². The molecule has 1 aliphatic heterocycles. The third-order valence-corrected chi connectivity index (χ3v) is 6.74. The maximum absolute atomic E-state index is 12.8. The van der Waals surface area contributed by atoms with E-state index in [0.29, 0.717) is 44.5 Å². The zero-order chi connectivity index (χ0) is 25.8. The smallest absolute Gasteiger partial charge is 0.335 e. The van der Waals surface area contributed by atoms with E-state index >= 15 is 0 Å². The molecular weight excluding hydrogens is 500 g/mol. The molecule has 7 nitrogen and oxygen atoms in total. The predicted molar refractivity (Wildman–Crippen MR) is 142 cm³/mol. The highest BCUT2D eigenvalue weighted by Gasteiger charge is 2.30. The fourth-order valence-corrected chi connectivity index (χ4v) is 4.66. The monoisotopic (exact) mass is 522 g/mol. The minimum atomic E-state index is -1.01. The van der Waals surface area contributed by atoms with Crippen LogP contribution in [0.1, 0.15) is 27.0 Å². The molecule has 1 saturated heterocycles. The van der Waals surface area contributed by atoms with E-state index in [2.05, 4.69) is 4.99 Å². The van der Waals surface area contributed by atoms with Gasteiger partial charge in [-0.2, -0.15) is 0 Å². The van der Waals surface area contributed by atoms with Crippen LogP contribution in [0.5, 0.6) is 11.5 Å². The number of benzene rings is 3. The van der Waals surface area contributed by atoms with Crippen molar-refractivity contribution >= 4 is 52.2 Å². The van der Waals surface area contributed by atoms with Crippen LogP contribution in [-0.4, -0.2) is 41.2 Å². The zero-order valence-corrected chi connectivity index (χ0v) is 21.4. The molecule has 0 unspecified atom stereocenters. The first-order valence-electron chi connectivity index (χ1n) is 10.9. The number of aromatic carboxylic acids is 1. The minimum absolute atomic E-state index is 0.167. The number of nitrogens with zero attached hydrogens (tertiary/aromatic N) is 2. The number of rotatable bonds is 7. The van der Waals surface area contributed by atoms with Gasteiger partial charge in [0.15, 0.2) is 16.7 Å². The molecule has 0 radical (unpaired) electrons. The van der Waals surface area contributed by atoms with Crippen LogP contribution < -0.4 is 9.47 Å². The Hall–Kier alpha value is -3.75. The lowest BCUT2D eigenvalue weighted by molar-refractivity contribution is -0.121. The van der Waals surface area contributed by atoms with Gasteiger partial charge in [0.2, 0.25) is 0 Å². The van der Waals surface area contributed by atoms with Crippen LogP contribution in [0.25, 0.3) is 6.08 Å². The van der Waals surface area contributed by atoms with Gasteiger partial charge in [-0.25, -0.2) is 9.79 Å². The van der Waals surface area contributed by atoms with Crippen LogP contribution in [0, 0.1) is 6.92 Å². The van der Waals surface area contributed by atoms with Crippen molar-refractivity contribution in [3.05, 3.63) is 92.8 Å². The summed E-state index contributed by atoms with van der Waals surface area (Å²) in [5.41, 5.74) is 3.56. The molecule has 9 heteroatoms. The Balaban J connectivity index is 1.55. The molecule has 1 fully saturated rings. The normalized spacial score (nSPS) is 15.6. The van der Waals surface area contributed by atoms with Crippen LogP contribution in [0.4, 0.5) is 5.69 Å². The maximum atomic E-state index is 12.8. The average molecular weight is 523 g/mol. The van der Waals surface area contributed by atoms with Crippen molar-refractivity contribution in [3.63, 3.8) is 0 Å². The number of hydrogen-bond donors (Lipinski definition) is 1. The number of aryl methyl sites for hydroxylation is 1. The maximum Gasteiger partial charge on any atom is 0.335 e. The van der Waals surface area contributed by atoms with E-state index < -0.39 is 5.97 Å². The summed E-state index contributed by atoms with van der Waals surface area (Å²) in [6.45, 7) is 2.36. The number of halogens is 1. The molecule has 1 aliphatic rings. The van der Waals surface area contributed by atoms with Gasteiger partial charge in [0.05, 0.1) is 28.3 Å². The first-order valence-corrected chi connectivity index (χ1v) is 12.1. The second-order valence-electron chi connectivity index (χ2n) is 8.03. The Labute approximate surface area is 218 Å². The highest BCUT2D eigenvalue weighted by atomic mass is 35.5. The van der Waals surface area contributed by atoms with E-state index in [4.69, 9.17) is 26.2 Å². The van der Waals surface area contributed by atoms with E-state index in [1.165, 1.54) is 41.5 Å². The summed E-state index contributed by atoms with van der Waals surface area (Å²) in [5.74, 6) is -0.340. The van der Waals surface area contributed by atoms with Crippen molar-refractivity contribution in [1.29, 1.82) is 0 Å². The largest absolute Gasteiger partial charge is 0.493 e. The van der Waals surface area contributed by atoms with Crippen molar-refractivity contribution in [2.75, 3.05) is 14.2 Å². The molecule has 0 aliphatic carbocycles. The molecule has 184 valence electrons.